The second-order valence-electron chi connectivity index (χ2n) is 9.07. The Morgan fingerprint density at radius 2 is 1.82 bits per heavy atom. The van der Waals surface area contributed by atoms with Gasteiger partial charge in [0.15, 0.2) is 5.65 Å². The van der Waals surface area contributed by atoms with Crippen LogP contribution in [0.25, 0.3) is 33.8 Å². The highest BCUT2D eigenvalue weighted by atomic mass is 15.4. The smallest absolute Gasteiger partial charge is 0.162 e. The highest BCUT2D eigenvalue weighted by Crippen LogP contribution is 2.34. The molecule has 5 rings (SSSR count). The molecule has 174 valence electrons. The maximum atomic E-state index is 6.33. The van der Waals surface area contributed by atoms with Crippen molar-refractivity contribution in [2.75, 3.05) is 18.8 Å². The first-order chi connectivity index (χ1) is 16.5. The SMILES string of the molecule is C=CCC(N1C[C@@H](C)N[C@H](C)C1)n1c(-c2cccnc2N)nc2ccc(-c3ccccc3)nc21. The number of piperazine rings is 1. The van der Waals surface area contributed by atoms with Crippen molar-refractivity contribution in [3.8, 4) is 22.6 Å². The number of fused-ring (bicyclic) bond motifs is 1. The number of hydrogen-bond acceptors (Lipinski definition) is 6. The Hall–Kier alpha value is -3.55. The van der Waals surface area contributed by atoms with Gasteiger partial charge in [-0.05, 0) is 44.5 Å². The van der Waals surface area contributed by atoms with Gasteiger partial charge in [-0.2, -0.15) is 0 Å². The maximum Gasteiger partial charge on any atom is 0.162 e. The van der Waals surface area contributed by atoms with Crippen molar-refractivity contribution in [1.82, 2.24) is 29.7 Å². The minimum absolute atomic E-state index is 0.00243. The van der Waals surface area contributed by atoms with E-state index >= 15 is 0 Å². The lowest BCUT2D eigenvalue weighted by Crippen LogP contribution is -2.55. The molecule has 0 amide bonds. The first-order valence-corrected chi connectivity index (χ1v) is 11.8. The van der Waals surface area contributed by atoms with E-state index in [1.807, 2.05) is 48.5 Å². The van der Waals surface area contributed by atoms with Gasteiger partial charge in [0.25, 0.3) is 0 Å². The van der Waals surface area contributed by atoms with Gasteiger partial charge < -0.3 is 11.1 Å². The summed E-state index contributed by atoms with van der Waals surface area (Å²) in [4.78, 5) is 17.0. The summed E-state index contributed by atoms with van der Waals surface area (Å²) in [5.41, 5.74) is 10.8. The summed E-state index contributed by atoms with van der Waals surface area (Å²) < 4.78 is 2.24. The van der Waals surface area contributed by atoms with Crippen LogP contribution in [0, 0.1) is 0 Å². The number of benzene rings is 1. The fourth-order valence-electron chi connectivity index (χ4n) is 5.00. The second-order valence-corrected chi connectivity index (χ2v) is 9.07. The summed E-state index contributed by atoms with van der Waals surface area (Å²) in [6.45, 7) is 10.4. The Morgan fingerprint density at radius 1 is 1.06 bits per heavy atom. The Morgan fingerprint density at radius 3 is 2.53 bits per heavy atom. The molecule has 1 aromatic carbocycles. The van der Waals surface area contributed by atoms with Crippen molar-refractivity contribution in [1.29, 1.82) is 0 Å². The second kappa shape index (κ2) is 9.37. The Kier molecular flexibility index (Phi) is 6.13. The zero-order valence-corrected chi connectivity index (χ0v) is 19.7. The summed E-state index contributed by atoms with van der Waals surface area (Å²) >= 11 is 0. The molecule has 1 saturated heterocycles. The minimum atomic E-state index is 0.00243. The zero-order valence-electron chi connectivity index (χ0n) is 19.7. The molecular weight excluding hydrogens is 422 g/mol. The van der Waals surface area contributed by atoms with Crippen molar-refractivity contribution in [2.45, 2.75) is 38.5 Å². The van der Waals surface area contributed by atoms with Crippen molar-refractivity contribution in [3.05, 3.63) is 73.4 Å². The molecule has 3 atom stereocenters. The van der Waals surface area contributed by atoms with Gasteiger partial charge in [-0.1, -0.05) is 36.4 Å². The van der Waals surface area contributed by atoms with Gasteiger partial charge in [0.05, 0.1) is 17.4 Å². The molecule has 7 heteroatoms. The fraction of sp³-hybridized carbons (Fsp3) is 0.296. The Bertz CT molecular complexity index is 1290. The van der Waals surface area contributed by atoms with Gasteiger partial charge in [0.2, 0.25) is 0 Å². The number of rotatable bonds is 6. The molecule has 0 spiro atoms. The molecule has 4 heterocycles. The summed E-state index contributed by atoms with van der Waals surface area (Å²) in [5.74, 6) is 1.24. The van der Waals surface area contributed by atoms with Crippen LogP contribution in [-0.2, 0) is 0 Å². The van der Waals surface area contributed by atoms with Gasteiger partial charge in [-0.25, -0.2) is 15.0 Å². The number of nitrogens with zero attached hydrogens (tertiary/aromatic N) is 5. The molecule has 0 aliphatic carbocycles. The van der Waals surface area contributed by atoms with E-state index in [9.17, 15) is 0 Å². The van der Waals surface area contributed by atoms with Gasteiger partial charge in [0.1, 0.15) is 17.2 Å². The average molecular weight is 454 g/mol. The first-order valence-electron chi connectivity index (χ1n) is 11.8. The summed E-state index contributed by atoms with van der Waals surface area (Å²) in [7, 11) is 0. The fourth-order valence-corrected chi connectivity index (χ4v) is 5.00. The third-order valence-corrected chi connectivity index (χ3v) is 6.37. The van der Waals surface area contributed by atoms with Crippen LogP contribution in [0.5, 0.6) is 0 Å². The molecule has 3 aromatic heterocycles. The van der Waals surface area contributed by atoms with E-state index in [0.717, 1.165) is 53.3 Å². The number of pyridine rings is 2. The first kappa shape index (κ1) is 22.3. The van der Waals surface area contributed by atoms with E-state index in [4.69, 9.17) is 15.7 Å². The van der Waals surface area contributed by atoms with E-state index < -0.39 is 0 Å². The predicted octanol–water partition coefficient (Wildman–Crippen LogP) is 4.50. The third-order valence-electron chi connectivity index (χ3n) is 6.37. The topological polar surface area (TPSA) is 84.9 Å². The standard InChI is InChI=1S/C27H31N7/c1-4-9-24(33-16-18(2)30-19(3)17-33)34-26(21-12-8-15-29-25(21)28)32-23-14-13-22(31-27(23)34)20-10-6-5-7-11-20/h4-8,10-15,18-19,24,30H,1,9,16-17H2,2-3H3,(H2,28,29)/t18-,19-,24?/m1/s1. The van der Waals surface area contributed by atoms with Gasteiger partial charge >= 0.3 is 0 Å². The van der Waals surface area contributed by atoms with E-state index in [-0.39, 0.29) is 6.17 Å². The van der Waals surface area contributed by atoms with E-state index in [0.29, 0.717) is 17.9 Å². The van der Waals surface area contributed by atoms with Crippen LogP contribution in [0.15, 0.2) is 73.4 Å². The molecule has 7 nitrogen and oxygen atoms in total. The molecule has 1 fully saturated rings. The highest BCUT2D eigenvalue weighted by Gasteiger charge is 2.31. The van der Waals surface area contributed by atoms with Crippen molar-refractivity contribution >= 4 is 17.0 Å². The highest BCUT2D eigenvalue weighted by molar-refractivity contribution is 5.82. The van der Waals surface area contributed by atoms with Crippen LogP contribution >= 0.6 is 0 Å². The predicted molar refractivity (Wildman–Crippen MR) is 138 cm³/mol. The van der Waals surface area contributed by atoms with Crippen molar-refractivity contribution in [2.24, 2.45) is 0 Å². The van der Waals surface area contributed by atoms with Crippen LogP contribution in [0.4, 0.5) is 5.82 Å². The number of nitrogen functional groups attached to an aromatic ring is 1. The van der Waals surface area contributed by atoms with Gasteiger partial charge in [-0.3, -0.25) is 9.47 Å². The van der Waals surface area contributed by atoms with Crippen LogP contribution in [0.2, 0.25) is 0 Å². The molecule has 4 aromatic rings. The lowest BCUT2D eigenvalue weighted by molar-refractivity contribution is 0.0868. The molecule has 0 saturated carbocycles. The molecule has 1 aliphatic rings. The number of anilines is 1. The van der Waals surface area contributed by atoms with Crippen molar-refractivity contribution < 1.29 is 0 Å². The Balaban J connectivity index is 1.74. The quantitative estimate of drug-likeness (QED) is 0.418. The van der Waals surface area contributed by atoms with E-state index in [2.05, 4.69) is 52.3 Å². The van der Waals surface area contributed by atoms with E-state index in [1.54, 1.807) is 6.20 Å². The summed E-state index contributed by atoms with van der Waals surface area (Å²) in [6, 6.07) is 19.0. The van der Waals surface area contributed by atoms with Crippen LogP contribution in [-0.4, -0.2) is 49.6 Å². The molecule has 0 bridgehead atoms. The van der Waals surface area contributed by atoms with E-state index in [1.165, 1.54) is 0 Å². The van der Waals surface area contributed by atoms with Crippen LogP contribution in [0.3, 0.4) is 0 Å². The number of hydrogen-bond donors (Lipinski definition) is 2. The summed E-state index contributed by atoms with van der Waals surface area (Å²) in [6.07, 6.45) is 4.45. The van der Waals surface area contributed by atoms with Crippen molar-refractivity contribution in [3.63, 3.8) is 0 Å². The van der Waals surface area contributed by atoms with Gasteiger partial charge in [0, 0.05) is 36.9 Å². The molecule has 34 heavy (non-hydrogen) atoms. The zero-order chi connectivity index (χ0) is 23.7. The number of imidazole rings is 1. The minimum Gasteiger partial charge on any atom is -0.383 e. The normalized spacial score (nSPS) is 19.8. The number of nitrogens with two attached hydrogens (primary N) is 1. The number of nitrogens with one attached hydrogen (secondary N) is 1. The van der Waals surface area contributed by atoms with Crippen LogP contribution in [0.1, 0.15) is 26.4 Å². The van der Waals surface area contributed by atoms with Gasteiger partial charge in [-0.15, -0.1) is 6.58 Å². The number of aromatic nitrogens is 4. The van der Waals surface area contributed by atoms with Crippen LogP contribution < -0.4 is 11.1 Å². The molecule has 1 aliphatic heterocycles. The third kappa shape index (κ3) is 4.20. The molecule has 0 radical (unpaired) electrons. The lowest BCUT2D eigenvalue weighted by Gasteiger charge is -2.41. The average Bonchev–Trinajstić information content (AvgIpc) is 3.21. The Labute approximate surface area is 200 Å². The largest absolute Gasteiger partial charge is 0.383 e. The molecule has 1 unspecified atom stereocenters. The summed E-state index contributed by atoms with van der Waals surface area (Å²) in [5, 5.41) is 3.64. The lowest BCUT2D eigenvalue weighted by atomic mass is 10.1. The maximum absolute atomic E-state index is 6.33. The monoisotopic (exact) mass is 453 g/mol. The molecular formula is C27H31N7. The molecule has 3 N–H and O–H groups in total.